The molecule has 20 heavy (non-hydrogen) atoms. The first-order chi connectivity index (χ1) is 9.54. The van der Waals surface area contributed by atoms with Gasteiger partial charge in [-0.1, -0.05) is 15.9 Å². The minimum absolute atomic E-state index is 0.150. The van der Waals surface area contributed by atoms with Gasteiger partial charge in [0.15, 0.2) is 0 Å². The molecule has 102 valence electrons. The standard InChI is InChI=1S/C15H10BrF2NO/c16-11-3-6-13(7-4-11)19-15(20)8-2-10-1-5-12(17)9-14(10)18/h1-9H,(H,19,20)/b8-2+. The largest absolute Gasteiger partial charge is 0.323 e. The maximum Gasteiger partial charge on any atom is 0.248 e. The summed E-state index contributed by atoms with van der Waals surface area (Å²) in [6, 6.07) is 10.2. The molecule has 0 heterocycles. The van der Waals surface area contributed by atoms with Crippen LogP contribution < -0.4 is 5.32 Å². The molecule has 0 bridgehead atoms. The number of hydrogen-bond donors (Lipinski definition) is 1. The van der Waals surface area contributed by atoms with Crippen molar-refractivity contribution in [2.75, 3.05) is 5.32 Å². The maximum absolute atomic E-state index is 13.3. The van der Waals surface area contributed by atoms with Crippen LogP contribution in [0.2, 0.25) is 0 Å². The first kappa shape index (κ1) is 14.4. The van der Waals surface area contributed by atoms with E-state index in [1.165, 1.54) is 18.2 Å². The predicted molar refractivity (Wildman–Crippen MR) is 78.2 cm³/mol. The van der Waals surface area contributed by atoms with Gasteiger partial charge >= 0.3 is 0 Å². The van der Waals surface area contributed by atoms with Gasteiger partial charge in [-0.05, 0) is 42.5 Å². The molecular weight excluding hydrogens is 328 g/mol. The van der Waals surface area contributed by atoms with Crippen LogP contribution in [0, 0.1) is 11.6 Å². The van der Waals surface area contributed by atoms with Crippen LogP contribution in [0.25, 0.3) is 6.08 Å². The highest BCUT2D eigenvalue weighted by molar-refractivity contribution is 9.10. The zero-order chi connectivity index (χ0) is 14.5. The molecule has 1 N–H and O–H groups in total. The maximum atomic E-state index is 13.3. The predicted octanol–water partition coefficient (Wildman–Crippen LogP) is 4.38. The molecule has 0 saturated heterocycles. The van der Waals surface area contributed by atoms with Crippen LogP contribution in [0.4, 0.5) is 14.5 Å². The molecule has 0 fully saturated rings. The van der Waals surface area contributed by atoms with Crippen LogP contribution in [-0.4, -0.2) is 5.91 Å². The third-order valence-electron chi connectivity index (χ3n) is 2.49. The molecule has 0 aromatic heterocycles. The van der Waals surface area contributed by atoms with E-state index in [-0.39, 0.29) is 5.56 Å². The summed E-state index contributed by atoms with van der Waals surface area (Å²) in [4.78, 5) is 11.6. The average Bonchev–Trinajstić information content (AvgIpc) is 2.40. The Labute approximate surface area is 123 Å². The van der Waals surface area contributed by atoms with Crippen molar-refractivity contribution in [2.24, 2.45) is 0 Å². The Morgan fingerprint density at radius 2 is 1.80 bits per heavy atom. The monoisotopic (exact) mass is 337 g/mol. The average molecular weight is 338 g/mol. The quantitative estimate of drug-likeness (QED) is 0.827. The summed E-state index contributed by atoms with van der Waals surface area (Å²) >= 11 is 3.29. The van der Waals surface area contributed by atoms with Crippen molar-refractivity contribution in [3.8, 4) is 0 Å². The summed E-state index contributed by atoms with van der Waals surface area (Å²) < 4.78 is 27.0. The molecule has 5 heteroatoms. The first-order valence-corrected chi connectivity index (χ1v) is 6.53. The Morgan fingerprint density at radius 3 is 2.45 bits per heavy atom. The first-order valence-electron chi connectivity index (χ1n) is 5.74. The van der Waals surface area contributed by atoms with Gasteiger partial charge in [0, 0.05) is 27.9 Å². The fourth-order valence-corrected chi connectivity index (χ4v) is 1.78. The minimum Gasteiger partial charge on any atom is -0.323 e. The Bertz CT molecular complexity index is 653. The molecule has 0 spiro atoms. The number of carbonyl (C=O) groups excluding carboxylic acids is 1. The molecular formula is C15H10BrF2NO. The van der Waals surface area contributed by atoms with Crippen LogP contribution in [-0.2, 0) is 4.79 Å². The lowest BCUT2D eigenvalue weighted by molar-refractivity contribution is -0.111. The number of anilines is 1. The third kappa shape index (κ3) is 3.99. The molecule has 0 aliphatic rings. The number of benzene rings is 2. The highest BCUT2D eigenvalue weighted by Crippen LogP contribution is 2.14. The second kappa shape index (κ2) is 6.43. The molecule has 2 nitrogen and oxygen atoms in total. The highest BCUT2D eigenvalue weighted by atomic mass is 79.9. The van der Waals surface area contributed by atoms with Crippen LogP contribution in [0.5, 0.6) is 0 Å². The molecule has 0 atom stereocenters. The van der Waals surface area contributed by atoms with Crippen molar-refractivity contribution in [3.63, 3.8) is 0 Å². The van der Waals surface area contributed by atoms with E-state index in [0.29, 0.717) is 5.69 Å². The second-order valence-corrected chi connectivity index (χ2v) is 4.91. The molecule has 1 amide bonds. The van der Waals surface area contributed by atoms with E-state index in [2.05, 4.69) is 21.2 Å². The van der Waals surface area contributed by atoms with E-state index in [4.69, 9.17) is 0 Å². The fraction of sp³-hybridized carbons (Fsp3) is 0. The van der Waals surface area contributed by atoms with Crippen molar-refractivity contribution < 1.29 is 13.6 Å². The van der Waals surface area contributed by atoms with Gasteiger partial charge in [0.1, 0.15) is 11.6 Å². The molecule has 2 aromatic rings. The lowest BCUT2D eigenvalue weighted by Crippen LogP contribution is -2.07. The van der Waals surface area contributed by atoms with E-state index in [1.807, 2.05) is 0 Å². The summed E-state index contributed by atoms with van der Waals surface area (Å²) in [5.41, 5.74) is 0.778. The summed E-state index contributed by atoms with van der Waals surface area (Å²) in [6.07, 6.45) is 2.49. The molecule has 0 aliphatic heterocycles. The van der Waals surface area contributed by atoms with Crippen LogP contribution in [0.15, 0.2) is 53.0 Å². The fourth-order valence-electron chi connectivity index (χ4n) is 1.52. The molecule has 2 aromatic carbocycles. The summed E-state index contributed by atoms with van der Waals surface area (Å²) in [5.74, 6) is -1.76. The smallest absolute Gasteiger partial charge is 0.248 e. The normalized spacial score (nSPS) is 10.8. The zero-order valence-corrected chi connectivity index (χ0v) is 11.8. The van der Waals surface area contributed by atoms with Gasteiger partial charge in [-0.3, -0.25) is 4.79 Å². The van der Waals surface area contributed by atoms with Crippen LogP contribution in [0.3, 0.4) is 0 Å². The summed E-state index contributed by atoms with van der Waals surface area (Å²) in [7, 11) is 0. The van der Waals surface area contributed by atoms with Gasteiger partial charge in [-0.25, -0.2) is 8.78 Å². The van der Waals surface area contributed by atoms with Crippen LogP contribution in [0.1, 0.15) is 5.56 Å². The van der Waals surface area contributed by atoms with Crippen LogP contribution >= 0.6 is 15.9 Å². The number of halogens is 3. The second-order valence-electron chi connectivity index (χ2n) is 4.00. The summed E-state index contributed by atoms with van der Waals surface area (Å²) in [6.45, 7) is 0. The van der Waals surface area contributed by atoms with Crippen molar-refractivity contribution >= 4 is 33.6 Å². The van der Waals surface area contributed by atoms with Gasteiger partial charge in [-0.15, -0.1) is 0 Å². The Balaban J connectivity index is 2.03. The topological polar surface area (TPSA) is 29.1 Å². The molecule has 2 rings (SSSR count). The van der Waals surface area contributed by atoms with Gasteiger partial charge in [0.25, 0.3) is 0 Å². The lowest BCUT2D eigenvalue weighted by atomic mass is 10.2. The number of rotatable bonds is 3. The van der Waals surface area contributed by atoms with E-state index in [0.717, 1.165) is 16.6 Å². The Morgan fingerprint density at radius 1 is 1.10 bits per heavy atom. The van der Waals surface area contributed by atoms with Crippen molar-refractivity contribution in [1.82, 2.24) is 0 Å². The number of hydrogen-bond acceptors (Lipinski definition) is 1. The van der Waals surface area contributed by atoms with Gasteiger partial charge < -0.3 is 5.32 Å². The van der Waals surface area contributed by atoms with E-state index in [9.17, 15) is 13.6 Å². The van der Waals surface area contributed by atoms with Crippen molar-refractivity contribution in [2.45, 2.75) is 0 Å². The Hall–Kier alpha value is -2.01. The number of carbonyl (C=O) groups is 1. The Kier molecular flexibility index (Phi) is 4.63. The van der Waals surface area contributed by atoms with Crippen molar-refractivity contribution in [1.29, 1.82) is 0 Å². The SMILES string of the molecule is O=C(/C=C/c1ccc(F)cc1F)Nc1ccc(Br)cc1. The summed E-state index contributed by atoms with van der Waals surface area (Å²) in [5, 5.41) is 2.63. The van der Waals surface area contributed by atoms with Gasteiger partial charge in [0.2, 0.25) is 5.91 Å². The third-order valence-corrected chi connectivity index (χ3v) is 3.02. The molecule has 0 aliphatic carbocycles. The number of amides is 1. The molecule has 0 saturated carbocycles. The van der Waals surface area contributed by atoms with Crippen molar-refractivity contribution in [3.05, 3.63) is 70.2 Å². The molecule has 0 radical (unpaired) electrons. The van der Waals surface area contributed by atoms with E-state index >= 15 is 0 Å². The minimum atomic E-state index is -0.710. The van der Waals surface area contributed by atoms with E-state index < -0.39 is 17.5 Å². The lowest BCUT2D eigenvalue weighted by Gasteiger charge is -2.02. The zero-order valence-electron chi connectivity index (χ0n) is 10.2. The van der Waals surface area contributed by atoms with Gasteiger partial charge in [0.05, 0.1) is 0 Å². The van der Waals surface area contributed by atoms with Gasteiger partial charge in [-0.2, -0.15) is 0 Å². The number of nitrogens with one attached hydrogen (secondary N) is 1. The molecule has 0 unspecified atom stereocenters. The van der Waals surface area contributed by atoms with E-state index in [1.54, 1.807) is 24.3 Å². The highest BCUT2D eigenvalue weighted by Gasteiger charge is 2.02.